The minimum Gasteiger partial charge on any atom is -0.224 e. The molecule has 0 aliphatic heterocycles. The second kappa shape index (κ2) is 5.19. The Kier molecular flexibility index (Phi) is 4.28. The normalized spacial score (nSPS) is 13.6. The van der Waals surface area contributed by atoms with Gasteiger partial charge >= 0.3 is 0 Å². The fraction of sp³-hybridized carbons (Fsp3) is 0.273. The molecule has 0 aliphatic rings. The molecule has 0 amide bonds. The topological polar surface area (TPSA) is 68.3 Å². The zero-order valence-electron chi connectivity index (χ0n) is 9.92. The molecule has 7 heteroatoms. The summed E-state index contributed by atoms with van der Waals surface area (Å²) >= 11 is 0. The summed E-state index contributed by atoms with van der Waals surface area (Å²) in [5.74, 6) is -1.47. The third kappa shape index (κ3) is 3.64. The van der Waals surface area contributed by atoms with Gasteiger partial charge in [0.25, 0.3) is 0 Å². The van der Waals surface area contributed by atoms with Crippen LogP contribution in [0.15, 0.2) is 46.0 Å². The van der Waals surface area contributed by atoms with Crippen LogP contribution in [0.25, 0.3) is 0 Å². The highest BCUT2D eigenvalue weighted by atomic mass is 32.2. The van der Waals surface area contributed by atoms with Crippen molar-refractivity contribution in [3.8, 4) is 0 Å². The van der Waals surface area contributed by atoms with Crippen molar-refractivity contribution in [2.24, 2.45) is 0 Å². The molecule has 0 saturated heterocycles. The number of sulfone groups is 2. The standard InChI is InChI=1S/C11H13FO4S2/c1-3-9(12)8-18(15,16)11-6-4-10(5-7-11)17(2,13)14/h3-7H,8H2,1-2H3. The summed E-state index contributed by atoms with van der Waals surface area (Å²) in [5.41, 5.74) is 0. The Balaban J connectivity index is 3.13. The number of hydrogen-bond donors (Lipinski definition) is 0. The summed E-state index contributed by atoms with van der Waals surface area (Å²) < 4.78 is 58.8. The molecule has 0 saturated carbocycles. The summed E-state index contributed by atoms with van der Waals surface area (Å²) in [5, 5.41) is 0. The van der Waals surface area contributed by atoms with Crippen LogP contribution in [0.3, 0.4) is 0 Å². The van der Waals surface area contributed by atoms with E-state index in [4.69, 9.17) is 0 Å². The smallest absolute Gasteiger partial charge is 0.184 e. The van der Waals surface area contributed by atoms with Crippen LogP contribution in [0.5, 0.6) is 0 Å². The Morgan fingerprint density at radius 2 is 1.56 bits per heavy atom. The van der Waals surface area contributed by atoms with Crippen molar-refractivity contribution < 1.29 is 21.2 Å². The molecule has 0 heterocycles. The average Bonchev–Trinajstić information content (AvgIpc) is 2.27. The van der Waals surface area contributed by atoms with E-state index in [9.17, 15) is 21.2 Å². The second-order valence-corrected chi connectivity index (χ2v) is 7.74. The largest absolute Gasteiger partial charge is 0.224 e. The van der Waals surface area contributed by atoms with Crippen LogP contribution in [-0.2, 0) is 19.7 Å². The van der Waals surface area contributed by atoms with Gasteiger partial charge in [-0.05, 0) is 31.2 Å². The lowest BCUT2D eigenvalue weighted by Gasteiger charge is -2.04. The predicted octanol–water partition coefficient (Wildman–Crippen LogP) is 1.74. The molecule has 0 aromatic heterocycles. The van der Waals surface area contributed by atoms with Crippen molar-refractivity contribution in [3.63, 3.8) is 0 Å². The molecule has 0 atom stereocenters. The van der Waals surface area contributed by atoms with Crippen LogP contribution < -0.4 is 0 Å². The van der Waals surface area contributed by atoms with E-state index in [0.29, 0.717) is 0 Å². The Bertz CT molecular complexity index is 655. The predicted molar refractivity (Wildman–Crippen MR) is 66.5 cm³/mol. The van der Waals surface area contributed by atoms with Gasteiger partial charge in [0.1, 0.15) is 11.6 Å². The van der Waals surface area contributed by atoms with Gasteiger partial charge in [0.15, 0.2) is 19.7 Å². The highest BCUT2D eigenvalue weighted by molar-refractivity contribution is 7.91. The molecule has 0 aliphatic carbocycles. The molecule has 0 N–H and O–H groups in total. The lowest BCUT2D eigenvalue weighted by Crippen LogP contribution is -2.07. The number of hydrogen-bond acceptors (Lipinski definition) is 4. The number of benzene rings is 1. The van der Waals surface area contributed by atoms with Gasteiger partial charge in [-0.2, -0.15) is 0 Å². The molecule has 0 radical (unpaired) electrons. The van der Waals surface area contributed by atoms with Gasteiger partial charge < -0.3 is 0 Å². The lowest BCUT2D eigenvalue weighted by atomic mass is 10.4. The van der Waals surface area contributed by atoms with E-state index >= 15 is 0 Å². The van der Waals surface area contributed by atoms with E-state index in [2.05, 4.69) is 0 Å². The van der Waals surface area contributed by atoms with Crippen LogP contribution in [-0.4, -0.2) is 28.8 Å². The minimum absolute atomic E-state index is 0.0213. The molecule has 100 valence electrons. The van der Waals surface area contributed by atoms with Gasteiger partial charge in [0, 0.05) is 6.26 Å². The number of rotatable bonds is 4. The lowest BCUT2D eigenvalue weighted by molar-refractivity contribution is 0.582. The van der Waals surface area contributed by atoms with Crippen LogP contribution in [0.2, 0.25) is 0 Å². The van der Waals surface area contributed by atoms with Crippen molar-refractivity contribution in [1.29, 1.82) is 0 Å². The summed E-state index contributed by atoms with van der Waals surface area (Å²) in [6.45, 7) is 1.40. The molecule has 0 fully saturated rings. The first-order chi connectivity index (χ1) is 8.16. The highest BCUT2D eigenvalue weighted by Crippen LogP contribution is 2.17. The van der Waals surface area contributed by atoms with Crippen molar-refractivity contribution >= 4 is 19.7 Å². The zero-order chi connectivity index (χ0) is 14.0. The van der Waals surface area contributed by atoms with E-state index in [0.717, 1.165) is 24.5 Å². The Labute approximate surface area is 106 Å². The first-order valence-electron chi connectivity index (χ1n) is 5.00. The molecular formula is C11H13FO4S2. The van der Waals surface area contributed by atoms with Crippen LogP contribution in [0, 0.1) is 0 Å². The third-order valence-electron chi connectivity index (χ3n) is 2.25. The van der Waals surface area contributed by atoms with Gasteiger partial charge in [0.05, 0.1) is 9.79 Å². The summed E-state index contributed by atoms with van der Waals surface area (Å²) in [6, 6.07) is 4.70. The van der Waals surface area contributed by atoms with Crippen LogP contribution in [0.4, 0.5) is 4.39 Å². The summed E-state index contributed by atoms with van der Waals surface area (Å²) in [7, 11) is -7.15. The van der Waals surface area contributed by atoms with Crippen LogP contribution in [0.1, 0.15) is 6.92 Å². The molecule has 0 spiro atoms. The summed E-state index contributed by atoms with van der Waals surface area (Å²) in [4.78, 5) is -0.0835. The van der Waals surface area contributed by atoms with Crippen LogP contribution >= 0.6 is 0 Å². The molecule has 0 unspecified atom stereocenters. The average molecular weight is 292 g/mol. The molecule has 1 aromatic rings. The maximum absolute atomic E-state index is 13.0. The Morgan fingerprint density at radius 3 is 1.94 bits per heavy atom. The van der Waals surface area contributed by atoms with E-state index in [1.165, 1.54) is 19.1 Å². The van der Waals surface area contributed by atoms with Gasteiger partial charge in [0.2, 0.25) is 0 Å². The third-order valence-corrected chi connectivity index (χ3v) is 5.03. The minimum atomic E-state index is -3.77. The Hall–Kier alpha value is -1.21. The molecule has 4 nitrogen and oxygen atoms in total. The van der Waals surface area contributed by atoms with Crippen molar-refractivity contribution in [1.82, 2.24) is 0 Å². The van der Waals surface area contributed by atoms with Gasteiger partial charge in [-0.25, -0.2) is 21.2 Å². The van der Waals surface area contributed by atoms with E-state index in [1.807, 2.05) is 0 Å². The Morgan fingerprint density at radius 1 is 1.11 bits per heavy atom. The summed E-state index contributed by atoms with van der Waals surface area (Å²) in [6.07, 6.45) is 2.10. The number of halogens is 1. The van der Waals surface area contributed by atoms with Crippen molar-refractivity contribution in [3.05, 3.63) is 36.2 Å². The quantitative estimate of drug-likeness (QED) is 0.847. The van der Waals surface area contributed by atoms with E-state index in [-0.39, 0.29) is 9.79 Å². The maximum atomic E-state index is 13.0. The van der Waals surface area contributed by atoms with Crippen molar-refractivity contribution in [2.45, 2.75) is 16.7 Å². The van der Waals surface area contributed by atoms with Crippen molar-refractivity contribution in [2.75, 3.05) is 12.0 Å². The van der Waals surface area contributed by atoms with Gasteiger partial charge in [-0.1, -0.05) is 6.08 Å². The van der Waals surface area contributed by atoms with Gasteiger partial charge in [-0.15, -0.1) is 0 Å². The first-order valence-corrected chi connectivity index (χ1v) is 8.55. The highest BCUT2D eigenvalue weighted by Gasteiger charge is 2.17. The fourth-order valence-corrected chi connectivity index (χ4v) is 3.12. The molecule has 0 bridgehead atoms. The SMILES string of the molecule is CC=C(F)CS(=O)(=O)c1ccc(S(C)(=O)=O)cc1. The van der Waals surface area contributed by atoms with E-state index < -0.39 is 31.3 Å². The molecule has 18 heavy (non-hydrogen) atoms. The zero-order valence-corrected chi connectivity index (χ0v) is 11.6. The molecule has 1 rings (SSSR count). The number of allylic oxidation sites excluding steroid dienone is 1. The van der Waals surface area contributed by atoms with Gasteiger partial charge in [-0.3, -0.25) is 0 Å². The first kappa shape index (κ1) is 14.8. The molecular weight excluding hydrogens is 279 g/mol. The molecule has 1 aromatic carbocycles. The fourth-order valence-electron chi connectivity index (χ4n) is 1.24. The maximum Gasteiger partial charge on any atom is 0.184 e. The monoisotopic (exact) mass is 292 g/mol. The second-order valence-electron chi connectivity index (χ2n) is 3.74. The van der Waals surface area contributed by atoms with E-state index in [1.54, 1.807) is 0 Å².